The molecular weight excluding hydrogens is 407 g/mol. The van der Waals surface area contributed by atoms with Gasteiger partial charge in [0.1, 0.15) is 11.5 Å². The third kappa shape index (κ3) is 4.21. The Morgan fingerprint density at radius 3 is 2.70 bits per heavy atom. The molecule has 0 atom stereocenters. The van der Waals surface area contributed by atoms with Crippen molar-refractivity contribution in [3.05, 3.63) is 88.0 Å². The summed E-state index contributed by atoms with van der Waals surface area (Å²) >= 11 is 6.09. The first-order valence-corrected chi connectivity index (χ1v) is 10.0. The monoisotopic (exact) mass is 426 g/mol. The van der Waals surface area contributed by atoms with Crippen LogP contribution in [0.1, 0.15) is 32.1 Å². The van der Waals surface area contributed by atoms with Gasteiger partial charge in [-0.2, -0.15) is 5.10 Å². The summed E-state index contributed by atoms with van der Waals surface area (Å²) in [4.78, 5) is 26.8. The van der Waals surface area contributed by atoms with Crippen molar-refractivity contribution >= 4 is 23.4 Å². The number of rotatable bonds is 6. The van der Waals surface area contributed by atoms with Gasteiger partial charge < -0.3 is 10.2 Å². The zero-order valence-electron chi connectivity index (χ0n) is 16.1. The van der Waals surface area contributed by atoms with Gasteiger partial charge in [-0.1, -0.05) is 48.0 Å². The lowest BCUT2D eigenvalue weighted by molar-refractivity contribution is 0.0681. The number of amides is 2. The second-order valence-corrected chi connectivity index (χ2v) is 7.46. The van der Waals surface area contributed by atoms with Gasteiger partial charge in [0.05, 0.1) is 13.1 Å². The van der Waals surface area contributed by atoms with Crippen LogP contribution in [0.25, 0.3) is 0 Å². The van der Waals surface area contributed by atoms with E-state index in [1.54, 1.807) is 6.07 Å². The van der Waals surface area contributed by atoms with E-state index in [4.69, 9.17) is 11.6 Å². The number of carbonyl (C=O) groups excluding carboxylic acids is 2. The molecule has 0 spiro atoms. The average Bonchev–Trinajstić information content (AvgIpc) is 3.18. The summed E-state index contributed by atoms with van der Waals surface area (Å²) in [6, 6.07) is 15.8. The van der Waals surface area contributed by atoms with Crippen LogP contribution in [-0.2, 0) is 19.5 Å². The average molecular weight is 427 g/mol. The van der Waals surface area contributed by atoms with Gasteiger partial charge >= 0.3 is 0 Å². The van der Waals surface area contributed by atoms with Gasteiger partial charge in [0.25, 0.3) is 11.8 Å². The molecule has 1 aliphatic heterocycles. The smallest absolute Gasteiger partial charge is 0.272 e. The van der Waals surface area contributed by atoms with Gasteiger partial charge in [-0.05, 0) is 24.1 Å². The fraction of sp³-hybridized carbons (Fsp3) is 0.227. The molecule has 1 aliphatic rings. The standard InChI is InChI=1S/C22H20ClFN4O2/c23-17-7-4-8-18(24)16(17)14-27-11-12-28-20(22(27)30)13-19(26-28)21(29)25-10-9-15-5-2-1-3-6-15/h1-8,13H,9-12,14H2,(H,25,29). The van der Waals surface area contributed by atoms with E-state index < -0.39 is 5.82 Å². The summed E-state index contributed by atoms with van der Waals surface area (Å²) in [5, 5.41) is 7.37. The first-order valence-electron chi connectivity index (χ1n) is 9.65. The lowest BCUT2D eigenvalue weighted by Crippen LogP contribution is -2.40. The van der Waals surface area contributed by atoms with E-state index in [0.29, 0.717) is 31.7 Å². The Balaban J connectivity index is 1.42. The SMILES string of the molecule is O=C(NCCc1ccccc1)c1cc2n(n1)CCN(Cc1c(F)cccc1Cl)C2=O. The molecule has 1 aromatic heterocycles. The molecule has 0 fully saturated rings. The molecule has 2 heterocycles. The van der Waals surface area contributed by atoms with Crippen LogP contribution in [0, 0.1) is 5.82 Å². The van der Waals surface area contributed by atoms with Crippen molar-refractivity contribution in [2.24, 2.45) is 0 Å². The van der Waals surface area contributed by atoms with Crippen LogP contribution >= 0.6 is 11.6 Å². The van der Waals surface area contributed by atoms with E-state index in [1.165, 1.54) is 27.8 Å². The van der Waals surface area contributed by atoms with Crippen LogP contribution in [0.4, 0.5) is 4.39 Å². The summed E-state index contributed by atoms with van der Waals surface area (Å²) in [5.74, 6) is -1.09. The Kier molecular flexibility index (Phi) is 5.81. The predicted octanol–water partition coefficient (Wildman–Crippen LogP) is 3.30. The number of hydrogen-bond donors (Lipinski definition) is 1. The van der Waals surface area contributed by atoms with Crippen LogP contribution < -0.4 is 5.32 Å². The molecule has 30 heavy (non-hydrogen) atoms. The third-order valence-corrected chi connectivity index (χ3v) is 5.41. The topological polar surface area (TPSA) is 67.2 Å². The van der Waals surface area contributed by atoms with Crippen molar-refractivity contribution in [3.8, 4) is 0 Å². The number of carbonyl (C=O) groups is 2. The number of nitrogens with zero attached hydrogens (tertiary/aromatic N) is 3. The number of nitrogens with one attached hydrogen (secondary N) is 1. The number of hydrogen-bond acceptors (Lipinski definition) is 3. The first-order chi connectivity index (χ1) is 14.5. The summed E-state index contributed by atoms with van der Waals surface area (Å²) in [6.45, 7) is 1.31. The fourth-order valence-electron chi connectivity index (χ4n) is 3.43. The van der Waals surface area contributed by atoms with Crippen molar-refractivity contribution in [2.75, 3.05) is 13.1 Å². The molecule has 0 radical (unpaired) electrons. The van der Waals surface area contributed by atoms with Gasteiger partial charge in [-0.3, -0.25) is 14.3 Å². The van der Waals surface area contributed by atoms with Crippen LogP contribution in [-0.4, -0.2) is 39.6 Å². The highest BCUT2D eigenvalue weighted by Gasteiger charge is 2.28. The van der Waals surface area contributed by atoms with Gasteiger partial charge in [-0.15, -0.1) is 0 Å². The summed E-state index contributed by atoms with van der Waals surface area (Å²) in [6.07, 6.45) is 0.705. The molecule has 2 aromatic carbocycles. The Morgan fingerprint density at radius 1 is 1.13 bits per heavy atom. The fourth-order valence-corrected chi connectivity index (χ4v) is 3.65. The molecule has 8 heteroatoms. The van der Waals surface area contributed by atoms with Crippen LogP contribution in [0.3, 0.4) is 0 Å². The maximum Gasteiger partial charge on any atom is 0.272 e. The van der Waals surface area contributed by atoms with Crippen molar-refractivity contribution < 1.29 is 14.0 Å². The molecule has 0 bridgehead atoms. The highest BCUT2D eigenvalue weighted by Crippen LogP contribution is 2.23. The summed E-state index contributed by atoms with van der Waals surface area (Å²) in [5.41, 5.74) is 1.90. The largest absolute Gasteiger partial charge is 0.350 e. The quantitative estimate of drug-likeness (QED) is 0.657. The maximum absolute atomic E-state index is 14.1. The molecule has 2 amide bonds. The minimum atomic E-state index is -0.451. The number of fused-ring (bicyclic) bond motifs is 1. The molecular formula is C22H20ClFN4O2. The van der Waals surface area contributed by atoms with E-state index in [2.05, 4.69) is 10.4 Å². The van der Waals surface area contributed by atoms with E-state index in [-0.39, 0.29) is 34.6 Å². The zero-order valence-corrected chi connectivity index (χ0v) is 16.9. The van der Waals surface area contributed by atoms with Crippen molar-refractivity contribution in [2.45, 2.75) is 19.5 Å². The molecule has 1 N–H and O–H groups in total. The second kappa shape index (κ2) is 8.67. The molecule has 4 rings (SSSR count). The molecule has 0 unspecified atom stereocenters. The van der Waals surface area contributed by atoms with Crippen molar-refractivity contribution in [3.63, 3.8) is 0 Å². The Bertz CT molecular complexity index is 1060. The van der Waals surface area contributed by atoms with Gasteiger partial charge in [0.15, 0.2) is 5.69 Å². The van der Waals surface area contributed by atoms with Crippen molar-refractivity contribution in [1.29, 1.82) is 0 Å². The molecule has 6 nitrogen and oxygen atoms in total. The van der Waals surface area contributed by atoms with E-state index in [9.17, 15) is 14.0 Å². The molecule has 0 saturated carbocycles. The molecule has 0 saturated heterocycles. The second-order valence-electron chi connectivity index (χ2n) is 7.06. The zero-order chi connectivity index (χ0) is 21.1. The Labute approximate surface area is 178 Å². The van der Waals surface area contributed by atoms with E-state index >= 15 is 0 Å². The number of aromatic nitrogens is 2. The van der Waals surface area contributed by atoms with Crippen molar-refractivity contribution in [1.82, 2.24) is 20.0 Å². The highest BCUT2D eigenvalue weighted by molar-refractivity contribution is 6.31. The number of benzene rings is 2. The van der Waals surface area contributed by atoms with Gasteiger partial charge in [-0.25, -0.2) is 4.39 Å². The van der Waals surface area contributed by atoms with E-state index in [1.807, 2.05) is 30.3 Å². The minimum absolute atomic E-state index is 0.0636. The highest BCUT2D eigenvalue weighted by atomic mass is 35.5. The lowest BCUT2D eigenvalue weighted by Gasteiger charge is -2.27. The molecule has 3 aromatic rings. The predicted molar refractivity (Wildman–Crippen MR) is 111 cm³/mol. The van der Waals surface area contributed by atoms with Crippen LogP contribution in [0.2, 0.25) is 5.02 Å². The van der Waals surface area contributed by atoms with Crippen LogP contribution in [0.15, 0.2) is 54.6 Å². The summed E-state index contributed by atoms with van der Waals surface area (Å²) < 4.78 is 15.6. The Hall–Kier alpha value is -3.19. The lowest BCUT2D eigenvalue weighted by atomic mass is 10.1. The maximum atomic E-state index is 14.1. The number of halogens is 2. The molecule has 154 valence electrons. The normalized spacial score (nSPS) is 13.3. The van der Waals surface area contributed by atoms with Gasteiger partial charge in [0, 0.05) is 29.7 Å². The first kappa shape index (κ1) is 20.1. The third-order valence-electron chi connectivity index (χ3n) is 5.05. The van der Waals surface area contributed by atoms with Gasteiger partial charge in [0.2, 0.25) is 0 Å². The minimum Gasteiger partial charge on any atom is -0.350 e. The Morgan fingerprint density at radius 2 is 1.93 bits per heavy atom. The van der Waals surface area contributed by atoms with Crippen LogP contribution in [0.5, 0.6) is 0 Å². The summed E-state index contributed by atoms with van der Waals surface area (Å²) in [7, 11) is 0. The van der Waals surface area contributed by atoms with E-state index in [0.717, 1.165) is 5.56 Å². The molecule has 0 aliphatic carbocycles.